The number of nitrogens with zero attached hydrogens (tertiary/aromatic N) is 1. The summed E-state index contributed by atoms with van der Waals surface area (Å²) < 4.78 is 18.4. The molecule has 116 valence electrons. The van der Waals surface area contributed by atoms with Gasteiger partial charge in [0.15, 0.2) is 17.4 Å². The van der Waals surface area contributed by atoms with Crippen molar-refractivity contribution in [2.75, 3.05) is 12.4 Å². The Kier molecular flexibility index (Phi) is 5.52. The number of amidine groups is 1. The molecule has 0 bridgehead atoms. The second kappa shape index (κ2) is 6.92. The number of nitrogens with one attached hydrogen (secondary N) is 1. The number of anilines is 1. The number of nitrogens with two attached hydrogens (primary N) is 1. The third-order valence-electron chi connectivity index (χ3n) is 3.65. The zero-order valence-corrected chi connectivity index (χ0v) is 12.3. The SMILES string of the molecule is CCC(CC)(C(=O)Nc1ccc(OC)c(F)c1)C(N)=NO. The molecule has 1 aromatic rings. The Labute approximate surface area is 122 Å². The summed E-state index contributed by atoms with van der Waals surface area (Å²) in [6, 6.07) is 4.08. The van der Waals surface area contributed by atoms with Gasteiger partial charge in [-0.2, -0.15) is 0 Å². The fourth-order valence-electron chi connectivity index (χ4n) is 2.14. The van der Waals surface area contributed by atoms with E-state index in [1.165, 1.54) is 19.2 Å². The van der Waals surface area contributed by atoms with Crippen LogP contribution in [-0.2, 0) is 4.79 Å². The minimum atomic E-state index is -1.13. The van der Waals surface area contributed by atoms with E-state index >= 15 is 0 Å². The number of benzene rings is 1. The van der Waals surface area contributed by atoms with Crippen molar-refractivity contribution in [3.63, 3.8) is 0 Å². The van der Waals surface area contributed by atoms with Gasteiger partial charge in [-0.3, -0.25) is 4.79 Å². The molecule has 0 radical (unpaired) electrons. The number of ether oxygens (including phenoxy) is 1. The lowest BCUT2D eigenvalue weighted by Crippen LogP contribution is -2.46. The highest BCUT2D eigenvalue weighted by Crippen LogP contribution is 2.29. The van der Waals surface area contributed by atoms with E-state index in [0.717, 1.165) is 6.07 Å². The first-order valence-corrected chi connectivity index (χ1v) is 6.58. The van der Waals surface area contributed by atoms with Crippen LogP contribution < -0.4 is 15.8 Å². The number of rotatable bonds is 6. The highest BCUT2D eigenvalue weighted by Gasteiger charge is 2.39. The average Bonchev–Trinajstić information content (AvgIpc) is 2.49. The molecule has 0 aliphatic carbocycles. The number of halogens is 1. The standard InChI is InChI=1S/C14H20FN3O3/c1-4-14(5-2,12(16)18-20)13(19)17-9-6-7-11(21-3)10(15)8-9/h6-8,20H,4-5H2,1-3H3,(H2,16,18)(H,17,19). The van der Waals surface area contributed by atoms with Crippen molar-refractivity contribution in [1.29, 1.82) is 0 Å². The van der Waals surface area contributed by atoms with E-state index in [0.29, 0.717) is 12.8 Å². The molecule has 0 unspecified atom stereocenters. The van der Waals surface area contributed by atoms with Gasteiger partial charge in [0, 0.05) is 11.8 Å². The average molecular weight is 297 g/mol. The second-order valence-corrected chi connectivity index (χ2v) is 4.58. The molecule has 1 amide bonds. The summed E-state index contributed by atoms with van der Waals surface area (Å²) in [6.07, 6.45) is 0.702. The fourth-order valence-corrected chi connectivity index (χ4v) is 2.14. The molecule has 1 rings (SSSR count). The van der Waals surface area contributed by atoms with E-state index in [4.69, 9.17) is 15.7 Å². The molecule has 0 fully saturated rings. The predicted octanol–water partition coefficient (Wildman–Crippen LogP) is 2.33. The van der Waals surface area contributed by atoms with Crippen LogP contribution in [0.3, 0.4) is 0 Å². The molecule has 1 aromatic carbocycles. The van der Waals surface area contributed by atoms with Crippen LogP contribution in [0, 0.1) is 11.2 Å². The van der Waals surface area contributed by atoms with Gasteiger partial charge in [-0.25, -0.2) is 4.39 Å². The summed E-state index contributed by atoms with van der Waals surface area (Å²) in [5, 5.41) is 14.4. The Morgan fingerprint density at radius 1 is 1.48 bits per heavy atom. The molecular formula is C14H20FN3O3. The van der Waals surface area contributed by atoms with Crippen molar-refractivity contribution in [3.05, 3.63) is 24.0 Å². The van der Waals surface area contributed by atoms with E-state index in [1.54, 1.807) is 13.8 Å². The third-order valence-corrected chi connectivity index (χ3v) is 3.65. The topological polar surface area (TPSA) is 96.9 Å². The van der Waals surface area contributed by atoms with Crippen LogP contribution in [-0.4, -0.2) is 24.1 Å². The van der Waals surface area contributed by atoms with Crippen molar-refractivity contribution in [1.82, 2.24) is 0 Å². The number of amides is 1. The maximum Gasteiger partial charge on any atom is 0.238 e. The Hall–Kier alpha value is -2.31. The lowest BCUT2D eigenvalue weighted by molar-refractivity contribution is -0.122. The quantitative estimate of drug-likeness (QED) is 0.325. The van der Waals surface area contributed by atoms with Crippen molar-refractivity contribution in [3.8, 4) is 5.75 Å². The number of oxime groups is 1. The van der Waals surface area contributed by atoms with Gasteiger partial charge in [-0.05, 0) is 25.0 Å². The molecule has 0 spiro atoms. The maximum atomic E-state index is 13.6. The van der Waals surface area contributed by atoms with E-state index in [9.17, 15) is 9.18 Å². The Bertz CT molecular complexity index is 542. The van der Waals surface area contributed by atoms with Gasteiger partial charge in [0.1, 0.15) is 5.41 Å². The number of carbonyl (C=O) groups is 1. The first-order valence-electron chi connectivity index (χ1n) is 6.58. The molecule has 0 aliphatic rings. The summed E-state index contributed by atoms with van der Waals surface area (Å²) in [5.41, 5.74) is 4.79. The molecule has 4 N–H and O–H groups in total. The first kappa shape index (κ1) is 16.7. The van der Waals surface area contributed by atoms with Crippen LogP contribution in [0.1, 0.15) is 26.7 Å². The van der Waals surface area contributed by atoms with Gasteiger partial charge in [0.2, 0.25) is 5.91 Å². The first-order chi connectivity index (χ1) is 9.94. The highest BCUT2D eigenvalue weighted by molar-refractivity contribution is 6.11. The third kappa shape index (κ3) is 3.24. The minimum Gasteiger partial charge on any atom is -0.494 e. The molecule has 7 heteroatoms. The Morgan fingerprint density at radius 2 is 2.10 bits per heavy atom. The van der Waals surface area contributed by atoms with Crippen LogP contribution in [0.2, 0.25) is 0 Å². The summed E-state index contributed by atoms with van der Waals surface area (Å²) in [6.45, 7) is 3.52. The maximum absolute atomic E-state index is 13.6. The Morgan fingerprint density at radius 3 is 2.52 bits per heavy atom. The highest BCUT2D eigenvalue weighted by atomic mass is 19.1. The van der Waals surface area contributed by atoms with Crippen molar-refractivity contribution < 1.29 is 19.1 Å². The van der Waals surface area contributed by atoms with Crippen LogP contribution in [0.15, 0.2) is 23.4 Å². The van der Waals surface area contributed by atoms with Gasteiger partial charge >= 0.3 is 0 Å². The molecule has 0 saturated carbocycles. The summed E-state index contributed by atoms with van der Waals surface area (Å²) in [5.74, 6) is -1.12. The lowest BCUT2D eigenvalue weighted by Gasteiger charge is -2.28. The van der Waals surface area contributed by atoms with Crippen LogP contribution in [0.5, 0.6) is 5.75 Å². The monoisotopic (exact) mass is 297 g/mol. The zero-order chi connectivity index (χ0) is 16.0. The van der Waals surface area contributed by atoms with Gasteiger partial charge in [0.05, 0.1) is 7.11 Å². The second-order valence-electron chi connectivity index (χ2n) is 4.58. The number of hydrogen-bond donors (Lipinski definition) is 3. The van der Waals surface area contributed by atoms with E-state index in [-0.39, 0.29) is 17.3 Å². The molecule has 0 atom stereocenters. The largest absolute Gasteiger partial charge is 0.494 e. The van der Waals surface area contributed by atoms with Gasteiger partial charge in [0.25, 0.3) is 0 Å². The zero-order valence-electron chi connectivity index (χ0n) is 12.3. The van der Waals surface area contributed by atoms with Gasteiger partial charge < -0.3 is 21.0 Å². The number of carbonyl (C=O) groups excluding carboxylic acids is 1. The minimum absolute atomic E-state index is 0.0849. The lowest BCUT2D eigenvalue weighted by atomic mass is 9.80. The summed E-state index contributed by atoms with van der Waals surface area (Å²) in [4.78, 5) is 12.4. The fraction of sp³-hybridized carbons (Fsp3) is 0.429. The van der Waals surface area contributed by atoms with Gasteiger partial charge in [-0.1, -0.05) is 19.0 Å². The summed E-state index contributed by atoms with van der Waals surface area (Å²) >= 11 is 0. The van der Waals surface area contributed by atoms with E-state index in [2.05, 4.69) is 10.5 Å². The van der Waals surface area contributed by atoms with Crippen LogP contribution in [0.25, 0.3) is 0 Å². The normalized spacial score (nSPS) is 12.1. The van der Waals surface area contributed by atoms with Crippen molar-refractivity contribution in [2.45, 2.75) is 26.7 Å². The van der Waals surface area contributed by atoms with E-state index < -0.39 is 17.1 Å². The molecule has 0 aliphatic heterocycles. The van der Waals surface area contributed by atoms with Crippen LogP contribution in [0.4, 0.5) is 10.1 Å². The van der Waals surface area contributed by atoms with Crippen LogP contribution >= 0.6 is 0 Å². The number of methoxy groups -OCH3 is 1. The molecule has 0 aromatic heterocycles. The number of hydrogen-bond acceptors (Lipinski definition) is 4. The summed E-state index contributed by atoms with van der Waals surface area (Å²) in [7, 11) is 1.36. The van der Waals surface area contributed by atoms with Crippen molar-refractivity contribution >= 4 is 17.4 Å². The van der Waals surface area contributed by atoms with Crippen molar-refractivity contribution in [2.24, 2.45) is 16.3 Å². The molecule has 21 heavy (non-hydrogen) atoms. The molecular weight excluding hydrogens is 277 g/mol. The molecule has 0 heterocycles. The van der Waals surface area contributed by atoms with Gasteiger partial charge in [-0.15, -0.1) is 0 Å². The smallest absolute Gasteiger partial charge is 0.238 e. The van der Waals surface area contributed by atoms with E-state index in [1.807, 2.05) is 0 Å². The molecule has 6 nitrogen and oxygen atoms in total. The Balaban J connectivity index is 3.05. The predicted molar refractivity (Wildman–Crippen MR) is 78.0 cm³/mol. The molecule has 0 saturated heterocycles.